The second kappa shape index (κ2) is 9.01. The summed E-state index contributed by atoms with van der Waals surface area (Å²) >= 11 is 0. The fraction of sp³-hybridized carbons (Fsp3) is 0.640. The average molecular weight is 428 g/mol. The van der Waals surface area contributed by atoms with Crippen LogP contribution in [0.3, 0.4) is 0 Å². The minimum absolute atomic E-state index is 0.208. The molecule has 2 fully saturated rings. The summed E-state index contributed by atoms with van der Waals surface area (Å²) in [5, 5.41) is 2.93. The first-order valence-electron chi connectivity index (χ1n) is 11.6. The van der Waals surface area contributed by atoms with Crippen LogP contribution >= 0.6 is 0 Å². The number of hydrogen-bond acceptors (Lipinski definition) is 3. The zero-order chi connectivity index (χ0) is 22.8. The number of carbonyl (C=O) groups excluding carboxylic acids is 3. The van der Waals surface area contributed by atoms with Gasteiger partial charge in [0.25, 0.3) is 5.91 Å². The number of amides is 4. The average Bonchev–Trinajstić information content (AvgIpc) is 2.98. The van der Waals surface area contributed by atoms with Crippen LogP contribution in [0.15, 0.2) is 24.3 Å². The zero-order valence-corrected chi connectivity index (χ0v) is 19.7. The van der Waals surface area contributed by atoms with E-state index in [-0.39, 0.29) is 23.8 Å². The van der Waals surface area contributed by atoms with Crippen LogP contribution in [0.2, 0.25) is 0 Å². The summed E-state index contributed by atoms with van der Waals surface area (Å²) in [5.74, 6) is 0.0777. The van der Waals surface area contributed by atoms with E-state index in [1.54, 1.807) is 11.9 Å². The minimum Gasteiger partial charge on any atom is -0.340 e. The van der Waals surface area contributed by atoms with Crippen LogP contribution < -0.4 is 5.32 Å². The number of urea groups is 1. The van der Waals surface area contributed by atoms with E-state index >= 15 is 0 Å². The molecule has 1 N–H and O–H groups in total. The van der Waals surface area contributed by atoms with Gasteiger partial charge in [0.1, 0.15) is 12.1 Å². The number of aryl methyl sites for hydroxylation is 1. The van der Waals surface area contributed by atoms with Gasteiger partial charge in [0.05, 0.1) is 0 Å². The van der Waals surface area contributed by atoms with Crippen molar-refractivity contribution in [3.05, 3.63) is 35.4 Å². The van der Waals surface area contributed by atoms with Crippen molar-refractivity contribution < 1.29 is 14.4 Å². The molecule has 4 amide bonds. The molecule has 1 aliphatic heterocycles. The van der Waals surface area contributed by atoms with Gasteiger partial charge in [0.2, 0.25) is 5.91 Å². The SMILES string of the molecule is CCc1ccc(CN(C)C(=O)CN2C(=O)NC3(CCC(C(C)(C)CC)CC3)C2=O)cc1. The number of hydrogen-bond donors (Lipinski definition) is 1. The molecule has 1 saturated carbocycles. The molecule has 1 heterocycles. The van der Waals surface area contributed by atoms with Crippen molar-refractivity contribution in [3.63, 3.8) is 0 Å². The van der Waals surface area contributed by atoms with Crippen molar-refractivity contribution in [2.24, 2.45) is 11.3 Å². The number of nitrogens with one attached hydrogen (secondary N) is 1. The Morgan fingerprint density at radius 3 is 2.26 bits per heavy atom. The molecule has 170 valence electrons. The van der Waals surface area contributed by atoms with Crippen molar-refractivity contribution in [1.29, 1.82) is 0 Å². The molecule has 1 saturated heterocycles. The standard InChI is InChI=1S/C25H37N3O3/c1-6-18-8-10-19(11-9-18)16-27(5)21(29)17-28-22(30)25(26-23(28)31)14-12-20(13-15-25)24(3,4)7-2/h8-11,20H,6-7,12-17H2,1-5H3,(H,26,31). The summed E-state index contributed by atoms with van der Waals surface area (Å²) < 4.78 is 0. The Balaban J connectivity index is 1.60. The molecule has 0 unspecified atom stereocenters. The molecule has 0 atom stereocenters. The second-order valence-electron chi connectivity index (χ2n) is 9.94. The molecular formula is C25H37N3O3. The van der Waals surface area contributed by atoms with Crippen molar-refractivity contribution in [2.75, 3.05) is 13.6 Å². The number of benzene rings is 1. The highest BCUT2D eigenvalue weighted by Crippen LogP contribution is 2.45. The van der Waals surface area contributed by atoms with Crippen LogP contribution in [-0.2, 0) is 22.6 Å². The van der Waals surface area contributed by atoms with E-state index < -0.39 is 11.6 Å². The summed E-state index contributed by atoms with van der Waals surface area (Å²) in [7, 11) is 1.71. The van der Waals surface area contributed by atoms with E-state index in [2.05, 4.69) is 45.1 Å². The fourth-order valence-corrected chi connectivity index (χ4v) is 4.84. The van der Waals surface area contributed by atoms with Gasteiger partial charge in [-0.05, 0) is 54.6 Å². The van der Waals surface area contributed by atoms with Crippen LogP contribution in [0.5, 0.6) is 0 Å². The molecular weight excluding hydrogens is 390 g/mol. The lowest BCUT2D eigenvalue weighted by molar-refractivity contribution is -0.139. The largest absolute Gasteiger partial charge is 0.340 e. The van der Waals surface area contributed by atoms with Gasteiger partial charge in [-0.25, -0.2) is 4.79 Å². The third-order valence-electron chi connectivity index (χ3n) is 7.67. The number of likely N-dealkylation sites (N-methyl/N-ethyl adjacent to an activating group) is 1. The molecule has 6 nitrogen and oxygen atoms in total. The first-order valence-corrected chi connectivity index (χ1v) is 11.6. The van der Waals surface area contributed by atoms with Crippen LogP contribution in [0, 0.1) is 11.3 Å². The molecule has 3 rings (SSSR count). The van der Waals surface area contributed by atoms with Gasteiger partial charge in [0, 0.05) is 13.6 Å². The van der Waals surface area contributed by atoms with Crippen LogP contribution in [0.25, 0.3) is 0 Å². The smallest absolute Gasteiger partial charge is 0.325 e. The molecule has 31 heavy (non-hydrogen) atoms. The summed E-state index contributed by atoms with van der Waals surface area (Å²) in [6.07, 6.45) is 5.20. The van der Waals surface area contributed by atoms with Gasteiger partial charge < -0.3 is 10.2 Å². The molecule has 1 aromatic rings. The maximum Gasteiger partial charge on any atom is 0.325 e. The first-order chi connectivity index (χ1) is 14.6. The number of imide groups is 1. The Morgan fingerprint density at radius 1 is 1.13 bits per heavy atom. The van der Waals surface area contributed by atoms with Gasteiger partial charge in [-0.1, -0.05) is 58.4 Å². The van der Waals surface area contributed by atoms with Crippen LogP contribution in [0.4, 0.5) is 4.79 Å². The third-order valence-corrected chi connectivity index (χ3v) is 7.67. The topological polar surface area (TPSA) is 69.7 Å². The van der Waals surface area contributed by atoms with Crippen LogP contribution in [-0.4, -0.2) is 46.8 Å². The highest BCUT2D eigenvalue weighted by molar-refractivity contribution is 6.09. The van der Waals surface area contributed by atoms with Crippen molar-refractivity contribution in [1.82, 2.24) is 15.1 Å². The van der Waals surface area contributed by atoms with Gasteiger partial charge in [-0.3, -0.25) is 14.5 Å². The number of rotatable bonds is 7. The third kappa shape index (κ3) is 4.78. The molecule has 6 heteroatoms. The van der Waals surface area contributed by atoms with E-state index in [4.69, 9.17) is 0 Å². The monoisotopic (exact) mass is 427 g/mol. The predicted octanol–water partition coefficient (Wildman–Crippen LogP) is 4.12. The lowest BCUT2D eigenvalue weighted by Crippen LogP contribution is -2.51. The van der Waals surface area contributed by atoms with E-state index in [1.807, 2.05) is 12.1 Å². The second-order valence-corrected chi connectivity index (χ2v) is 9.94. The van der Waals surface area contributed by atoms with E-state index in [0.717, 1.165) is 36.1 Å². The van der Waals surface area contributed by atoms with E-state index in [9.17, 15) is 14.4 Å². The Labute approximate surface area is 186 Å². The highest BCUT2D eigenvalue weighted by Gasteiger charge is 2.53. The zero-order valence-electron chi connectivity index (χ0n) is 19.7. The molecule has 0 radical (unpaired) electrons. The summed E-state index contributed by atoms with van der Waals surface area (Å²) in [5.41, 5.74) is 1.69. The predicted molar refractivity (Wildman–Crippen MR) is 121 cm³/mol. The molecule has 0 bridgehead atoms. The van der Waals surface area contributed by atoms with Crippen molar-refractivity contribution in [3.8, 4) is 0 Å². The van der Waals surface area contributed by atoms with Gasteiger partial charge in [-0.15, -0.1) is 0 Å². The minimum atomic E-state index is -0.827. The van der Waals surface area contributed by atoms with E-state index in [1.165, 1.54) is 5.56 Å². The number of carbonyl (C=O) groups is 3. The van der Waals surface area contributed by atoms with Gasteiger partial charge in [0.15, 0.2) is 0 Å². The molecule has 1 spiro atoms. The lowest BCUT2D eigenvalue weighted by Gasteiger charge is -2.42. The highest BCUT2D eigenvalue weighted by atomic mass is 16.2. The normalized spacial score (nSPS) is 23.9. The Bertz CT molecular complexity index is 823. The molecule has 0 aromatic heterocycles. The van der Waals surface area contributed by atoms with Crippen molar-refractivity contribution >= 4 is 17.8 Å². The van der Waals surface area contributed by atoms with E-state index in [0.29, 0.717) is 25.3 Å². The van der Waals surface area contributed by atoms with Gasteiger partial charge >= 0.3 is 6.03 Å². The quantitative estimate of drug-likeness (QED) is 0.666. The Kier molecular flexibility index (Phi) is 6.77. The number of nitrogens with zero attached hydrogens (tertiary/aromatic N) is 2. The fourth-order valence-electron chi connectivity index (χ4n) is 4.84. The Morgan fingerprint density at radius 2 is 1.71 bits per heavy atom. The maximum atomic E-state index is 13.2. The van der Waals surface area contributed by atoms with Gasteiger partial charge in [-0.2, -0.15) is 0 Å². The summed E-state index contributed by atoms with van der Waals surface area (Å²) in [6, 6.07) is 7.71. The lowest BCUT2D eigenvalue weighted by atomic mass is 9.65. The van der Waals surface area contributed by atoms with Crippen molar-refractivity contribution in [2.45, 2.75) is 78.3 Å². The maximum absolute atomic E-state index is 13.2. The summed E-state index contributed by atoms with van der Waals surface area (Å²) in [6.45, 7) is 9.11. The summed E-state index contributed by atoms with van der Waals surface area (Å²) in [4.78, 5) is 41.2. The molecule has 1 aliphatic carbocycles. The first kappa shape index (κ1) is 23.3. The Hall–Kier alpha value is -2.37. The molecule has 2 aliphatic rings. The molecule has 1 aromatic carbocycles. The van der Waals surface area contributed by atoms with Crippen LogP contribution in [0.1, 0.15) is 70.9 Å².